The molecule has 2 aliphatic heterocycles. The minimum Gasteiger partial charge on any atom is -0.454 e. The predicted molar refractivity (Wildman–Crippen MR) is 132 cm³/mol. The zero-order valence-electron chi connectivity index (χ0n) is 19.4. The Morgan fingerprint density at radius 1 is 1.00 bits per heavy atom. The second kappa shape index (κ2) is 9.91. The van der Waals surface area contributed by atoms with Crippen LogP contribution in [0.2, 0.25) is 0 Å². The molecule has 13 heteroatoms. The maximum absolute atomic E-state index is 13.2. The molecule has 2 heterocycles. The first-order valence-corrected chi connectivity index (χ1v) is 11.8. The number of hydrogen-bond acceptors (Lipinski definition) is 7. The van der Waals surface area contributed by atoms with E-state index in [9.17, 15) is 32.3 Å². The van der Waals surface area contributed by atoms with Crippen molar-refractivity contribution in [2.24, 2.45) is 0 Å². The summed E-state index contributed by atoms with van der Waals surface area (Å²) in [6, 6.07) is 11.1. The van der Waals surface area contributed by atoms with E-state index < -0.39 is 46.8 Å². The van der Waals surface area contributed by atoms with Gasteiger partial charge in [-0.25, -0.2) is 14.5 Å². The van der Waals surface area contributed by atoms with Crippen LogP contribution in [0.3, 0.4) is 0 Å². The van der Waals surface area contributed by atoms with Crippen LogP contribution in [0.5, 0.6) is 17.2 Å². The van der Waals surface area contributed by atoms with E-state index in [0.29, 0.717) is 26.9 Å². The number of carbonyl (C=O) groups excluding carboxylic acids is 4. The van der Waals surface area contributed by atoms with E-state index in [1.54, 1.807) is 6.07 Å². The van der Waals surface area contributed by atoms with Gasteiger partial charge in [0.05, 0.1) is 16.8 Å². The summed E-state index contributed by atoms with van der Waals surface area (Å²) in [5.74, 6) is -2.27. The number of urea groups is 1. The second-order valence-electron chi connectivity index (χ2n) is 8.15. The maximum atomic E-state index is 13.2. The van der Waals surface area contributed by atoms with Gasteiger partial charge in [0, 0.05) is 10.0 Å². The Morgan fingerprint density at radius 2 is 1.77 bits per heavy atom. The highest BCUT2D eigenvalue weighted by molar-refractivity contribution is 9.10. The lowest BCUT2D eigenvalue weighted by Gasteiger charge is -2.27. The van der Waals surface area contributed by atoms with Crippen LogP contribution < -0.4 is 24.4 Å². The summed E-state index contributed by atoms with van der Waals surface area (Å²) < 4.78 is 56.1. The summed E-state index contributed by atoms with van der Waals surface area (Å²) in [7, 11) is 0. The molecule has 0 atom stereocenters. The molecule has 0 aliphatic carbocycles. The number of hydrogen-bond donors (Lipinski definition) is 1. The number of anilines is 1. The zero-order valence-corrected chi connectivity index (χ0v) is 21.0. The molecule has 198 valence electrons. The molecule has 39 heavy (non-hydrogen) atoms. The largest absolute Gasteiger partial charge is 0.454 e. The summed E-state index contributed by atoms with van der Waals surface area (Å²) in [5, 5.41) is 1.94. The van der Waals surface area contributed by atoms with E-state index in [1.807, 2.05) is 5.32 Å². The smallest absolute Gasteiger partial charge is 0.416 e. The van der Waals surface area contributed by atoms with Gasteiger partial charge >= 0.3 is 18.2 Å². The monoisotopic (exact) mass is 602 g/mol. The number of barbiturate groups is 1. The number of amides is 4. The van der Waals surface area contributed by atoms with Crippen LogP contribution >= 0.6 is 15.9 Å². The third-order valence-electron chi connectivity index (χ3n) is 5.62. The van der Waals surface area contributed by atoms with Crippen LogP contribution in [0.25, 0.3) is 6.08 Å². The molecule has 1 fully saturated rings. The topological polar surface area (TPSA) is 111 Å². The molecule has 4 amide bonds. The van der Waals surface area contributed by atoms with Crippen LogP contribution in [0, 0.1) is 0 Å². The Hall–Kier alpha value is -4.65. The molecule has 9 nitrogen and oxygen atoms in total. The van der Waals surface area contributed by atoms with Crippen molar-refractivity contribution in [3.8, 4) is 17.2 Å². The first kappa shape index (κ1) is 26.0. The lowest BCUT2D eigenvalue weighted by atomic mass is 10.1. The summed E-state index contributed by atoms with van der Waals surface area (Å²) in [6.45, 7) is 0.00831. The Labute approximate surface area is 225 Å². The van der Waals surface area contributed by atoms with Gasteiger partial charge in [-0.3, -0.25) is 14.9 Å². The molecule has 0 radical (unpaired) electrons. The molecule has 5 rings (SSSR count). The molecule has 2 aliphatic rings. The van der Waals surface area contributed by atoms with Gasteiger partial charge in [-0.05, 0) is 60.7 Å². The first-order chi connectivity index (χ1) is 18.5. The number of ether oxygens (including phenoxy) is 3. The maximum Gasteiger partial charge on any atom is 0.416 e. The van der Waals surface area contributed by atoms with E-state index in [1.165, 1.54) is 30.3 Å². The average Bonchev–Trinajstić information content (AvgIpc) is 3.35. The Bertz CT molecular complexity index is 1590. The van der Waals surface area contributed by atoms with Gasteiger partial charge in [-0.1, -0.05) is 22.0 Å². The number of imide groups is 2. The number of nitrogens with zero attached hydrogens (tertiary/aromatic N) is 1. The fourth-order valence-electron chi connectivity index (χ4n) is 3.78. The minimum absolute atomic E-state index is 0.00831. The van der Waals surface area contributed by atoms with Crippen molar-refractivity contribution >= 4 is 51.5 Å². The molecule has 0 bridgehead atoms. The molecule has 1 N–H and O–H groups in total. The summed E-state index contributed by atoms with van der Waals surface area (Å²) in [5.41, 5.74) is -1.84. The fourth-order valence-corrected chi connectivity index (χ4v) is 4.15. The molecule has 0 unspecified atom stereocenters. The third kappa shape index (κ3) is 5.21. The summed E-state index contributed by atoms with van der Waals surface area (Å²) in [6.07, 6.45) is -3.66. The second-order valence-corrected chi connectivity index (χ2v) is 9.06. The highest BCUT2D eigenvalue weighted by Crippen LogP contribution is 2.35. The molecule has 0 saturated carbocycles. The van der Waals surface area contributed by atoms with Gasteiger partial charge in [0.15, 0.2) is 11.5 Å². The SMILES string of the molecule is O=C1NC(=O)N(c2cccc(C(F)(F)F)c2)C(=O)/C1=C\c1cc(Br)ccc1OC(=O)c1ccc2c(c1)OCO2. The van der Waals surface area contributed by atoms with Crippen molar-refractivity contribution in [3.63, 3.8) is 0 Å². The molecular formula is C26H14BrF3N2O7. The number of esters is 1. The van der Waals surface area contributed by atoms with Gasteiger partial charge in [-0.2, -0.15) is 13.2 Å². The quantitative estimate of drug-likeness (QED) is 0.192. The normalized spacial score (nSPS) is 15.9. The van der Waals surface area contributed by atoms with Gasteiger partial charge in [0.1, 0.15) is 11.3 Å². The van der Waals surface area contributed by atoms with E-state index in [4.69, 9.17) is 14.2 Å². The zero-order chi connectivity index (χ0) is 27.9. The van der Waals surface area contributed by atoms with Crippen molar-refractivity contribution in [2.45, 2.75) is 6.18 Å². The fraction of sp³-hybridized carbons (Fsp3) is 0.0769. The number of alkyl halides is 3. The van der Waals surface area contributed by atoms with Gasteiger partial charge < -0.3 is 14.2 Å². The van der Waals surface area contributed by atoms with E-state index >= 15 is 0 Å². The van der Waals surface area contributed by atoms with E-state index in [-0.39, 0.29) is 23.7 Å². The van der Waals surface area contributed by atoms with Crippen LogP contribution in [0.4, 0.5) is 23.7 Å². The van der Waals surface area contributed by atoms with Crippen molar-refractivity contribution in [2.75, 3.05) is 11.7 Å². The van der Waals surface area contributed by atoms with Gasteiger partial charge in [0.2, 0.25) is 6.79 Å². The molecule has 1 saturated heterocycles. The van der Waals surface area contributed by atoms with Crippen molar-refractivity contribution in [1.82, 2.24) is 5.32 Å². The number of fused-ring (bicyclic) bond motifs is 1. The van der Waals surface area contributed by atoms with Gasteiger partial charge in [-0.15, -0.1) is 0 Å². The number of nitrogens with one attached hydrogen (secondary N) is 1. The lowest BCUT2D eigenvalue weighted by Crippen LogP contribution is -2.54. The Balaban J connectivity index is 1.48. The molecule has 0 aromatic heterocycles. The highest BCUT2D eigenvalue weighted by atomic mass is 79.9. The molecule has 3 aromatic carbocycles. The predicted octanol–water partition coefficient (Wildman–Crippen LogP) is 5.08. The van der Waals surface area contributed by atoms with Crippen molar-refractivity contribution in [1.29, 1.82) is 0 Å². The number of rotatable bonds is 4. The molecule has 3 aromatic rings. The van der Waals surface area contributed by atoms with Crippen molar-refractivity contribution < 1.29 is 46.6 Å². The van der Waals surface area contributed by atoms with E-state index in [2.05, 4.69) is 15.9 Å². The van der Waals surface area contributed by atoms with Crippen LogP contribution in [0.1, 0.15) is 21.5 Å². The Morgan fingerprint density at radius 3 is 2.54 bits per heavy atom. The number of halogens is 4. The van der Waals surface area contributed by atoms with Crippen LogP contribution in [-0.4, -0.2) is 30.6 Å². The standard InChI is InChI=1S/C26H14BrF3N2O7/c27-16-5-7-19(39-24(35)13-4-6-20-21(10-13)38-12-37-20)14(8-16)9-18-22(33)31-25(36)32(23(18)34)17-3-1-2-15(11-17)26(28,29)30/h1-11H,12H2,(H,31,33,36)/b18-9-. The minimum atomic E-state index is -4.73. The van der Waals surface area contributed by atoms with E-state index in [0.717, 1.165) is 24.3 Å². The number of benzene rings is 3. The summed E-state index contributed by atoms with van der Waals surface area (Å²) >= 11 is 3.26. The van der Waals surface area contributed by atoms with Crippen LogP contribution in [0.15, 0.2) is 70.7 Å². The summed E-state index contributed by atoms with van der Waals surface area (Å²) in [4.78, 5) is 51.5. The molecule has 0 spiro atoms. The number of carbonyl (C=O) groups is 4. The average molecular weight is 603 g/mol. The van der Waals surface area contributed by atoms with Crippen molar-refractivity contribution in [3.05, 3.63) is 87.4 Å². The highest BCUT2D eigenvalue weighted by Gasteiger charge is 2.38. The third-order valence-corrected chi connectivity index (χ3v) is 6.11. The van der Waals surface area contributed by atoms with Gasteiger partial charge in [0.25, 0.3) is 11.8 Å². The lowest BCUT2D eigenvalue weighted by molar-refractivity contribution is -0.137. The Kier molecular flexibility index (Phi) is 6.60. The first-order valence-electron chi connectivity index (χ1n) is 11.0. The molecular weight excluding hydrogens is 589 g/mol. The van der Waals surface area contributed by atoms with Crippen LogP contribution in [-0.2, 0) is 15.8 Å².